The number of rotatable bonds is 5. The Hall–Kier alpha value is -3.80. The van der Waals surface area contributed by atoms with Crippen LogP contribution in [0.2, 0.25) is 0 Å². The molecule has 3 aromatic carbocycles. The number of nitrogens with zero attached hydrogens (tertiary/aromatic N) is 2. The van der Waals surface area contributed by atoms with Crippen LogP contribution in [0.1, 0.15) is 15.9 Å². The topological polar surface area (TPSA) is 46.9 Å². The van der Waals surface area contributed by atoms with E-state index in [4.69, 9.17) is 0 Å². The van der Waals surface area contributed by atoms with E-state index in [-0.39, 0.29) is 16.8 Å². The summed E-state index contributed by atoms with van der Waals surface area (Å²) >= 11 is 0. The molecule has 0 spiro atoms. The molecule has 0 aliphatic heterocycles. The van der Waals surface area contributed by atoms with Crippen LogP contribution in [0.5, 0.6) is 0 Å². The van der Waals surface area contributed by atoms with E-state index in [2.05, 4.69) is 10.4 Å². The van der Waals surface area contributed by atoms with Gasteiger partial charge in [0.05, 0.1) is 11.3 Å². The number of hydrogen-bond acceptors (Lipinski definition) is 3. The molecule has 4 rings (SSSR count). The van der Waals surface area contributed by atoms with E-state index in [0.29, 0.717) is 12.4 Å². The third-order valence-electron chi connectivity index (χ3n) is 4.47. The summed E-state index contributed by atoms with van der Waals surface area (Å²) < 4.78 is 29.5. The van der Waals surface area contributed by atoms with Gasteiger partial charge in [0.2, 0.25) is 0 Å². The number of nitrogens with one attached hydrogen (secondary N) is 1. The summed E-state index contributed by atoms with van der Waals surface area (Å²) in [5.41, 5.74) is 1.42. The van der Waals surface area contributed by atoms with Gasteiger partial charge in [0.25, 0.3) is 5.91 Å². The van der Waals surface area contributed by atoms with Crippen molar-refractivity contribution in [2.75, 3.05) is 5.32 Å². The number of aromatic nitrogens is 2. The molecule has 0 fully saturated rings. The van der Waals surface area contributed by atoms with Crippen LogP contribution >= 0.6 is 0 Å². The third kappa shape index (κ3) is 3.91. The van der Waals surface area contributed by atoms with Gasteiger partial charge in [-0.3, -0.25) is 4.79 Å². The van der Waals surface area contributed by atoms with Crippen LogP contribution < -0.4 is 5.32 Å². The van der Waals surface area contributed by atoms with Gasteiger partial charge in [0, 0.05) is 18.2 Å². The second-order valence-corrected chi connectivity index (χ2v) is 6.43. The predicted octanol–water partition coefficient (Wildman–Crippen LogP) is 5.13. The maximum atomic E-state index is 14.2. The zero-order valence-corrected chi connectivity index (χ0v) is 15.3. The summed E-state index contributed by atoms with van der Waals surface area (Å²) in [4.78, 5) is 13.0. The average molecular weight is 389 g/mol. The van der Waals surface area contributed by atoms with Crippen LogP contribution in [0.3, 0.4) is 0 Å². The Bertz CT molecular complexity index is 1160. The van der Waals surface area contributed by atoms with E-state index in [1.807, 2.05) is 30.3 Å². The Kier molecular flexibility index (Phi) is 5.16. The van der Waals surface area contributed by atoms with E-state index in [1.54, 1.807) is 30.3 Å². The summed E-state index contributed by atoms with van der Waals surface area (Å²) in [5, 5.41) is 7.41. The zero-order valence-electron chi connectivity index (χ0n) is 15.3. The molecule has 4 nitrogen and oxygen atoms in total. The van der Waals surface area contributed by atoms with E-state index in [0.717, 1.165) is 10.2 Å². The molecular weight excluding hydrogens is 372 g/mol. The van der Waals surface area contributed by atoms with Gasteiger partial charge in [-0.15, -0.1) is 0 Å². The highest BCUT2D eigenvalue weighted by Crippen LogP contribution is 2.26. The maximum absolute atomic E-state index is 14.2. The molecule has 0 radical (unpaired) electrons. The van der Waals surface area contributed by atoms with Crippen molar-refractivity contribution in [1.29, 1.82) is 0 Å². The lowest BCUT2D eigenvalue weighted by Crippen LogP contribution is -2.18. The minimum atomic E-state index is -0.644. The minimum Gasteiger partial charge on any atom is -0.366 e. The second kappa shape index (κ2) is 8.06. The monoisotopic (exact) mass is 389 g/mol. The van der Waals surface area contributed by atoms with Crippen molar-refractivity contribution in [1.82, 2.24) is 9.78 Å². The van der Waals surface area contributed by atoms with Gasteiger partial charge >= 0.3 is 0 Å². The number of hydrogen-bond donors (Lipinski definition) is 1. The molecule has 144 valence electrons. The molecule has 0 saturated heterocycles. The molecule has 1 N–H and O–H groups in total. The van der Waals surface area contributed by atoms with E-state index >= 15 is 0 Å². The molecular formula is C23H17F2N3O. The molecule has 0 saturated carbocycles. The Morgan fingerprint density at radius 2 is 1.52 bits per heavy atom. The van der Waals surface area contributed by atoms with Gasteiger partial charge in [0.15, 0.2) is 0 Å². The van der Waals surface area contributed by atoms with Crippen LogP contribution in [0.4, 0.5) is 14.6 Å². The lowest BCUT2D eigenvalue weighted by atomic mass is 10.1. The van der Waals surface area contributed by atoms with Crippen molar-refractivity contribution in [3.63, 3.8) is 0 Å². The van der Waals surface area contributed by atoms with Crippen molar-refractivity contribution >= 4 is 11.7 Å². The molecule has 0 unspecified atom stereocenters. The van der Waals surface area contributed by atoms with E-state index in [1.165, 1.54) is 24.3 Å². The lowest BCUT2D eigenvalue weighted by molar-refractivity contribution is 0.0944. The van der Waals surface area contributed by atoms with Gasteiger partial charge in [-0.2, -0.15) is 9.78 Å². The summed E-state index contributed by atoms with van der Waals surface area (Å²) in [6.07, 6.45) is 0. The summed E-state index contributed by atoms with van der Waals surface area (Å²) in [5.74, 6) is -1.39. The van der Waals surface area contributed by atoms with E-state index in [9.17, 15) is 13.6 Å². The standard InChI is InChI=1S/C23H17F2N3O/c24-19-12-6-4-10-17(19)21-14-22(26-15-16-8-2-1-3-9-16)28(27-21)23(29)18-11-5-7-13-20(18)25/h1-14,26H,15H2. The number of carbonyl (C=O) groups excluding carboxylic acids is 1. The van der Waals surface area contributed by atoms with Crippen LogP contribution in [-0.2, 0) is 6.54 Å². The average Bonchev–Trinajstić information content (AvgIpc) is 3.17. The van der Waals surface area contributed by atoms with Crippen molar-refractivity contribution in [3.8, 4) is 11.3 Å². The number of carbonyl (C=O) groups is 1. The molecule has 0 atom stereocenters. The molecule has 29 heavy (non-hydrogen) atoms. The normalized spacial score (nSPS) is 10.7. The van der Waals surface area contributed by atoms with Gasteiger partial charge < -0.3 is 5.32 Å². The Morgan fingerprint density at radius 1 is 0.862 bits per heavy atom. The van der Waals surface area contributed by atoms with Gasteiger partial charge in [0.1, 0.15) is 17.5 Å². The van der Waals surface area contributed by atoms with Crippen LogP contribution in [-0.4, -0.2) is 15.7 Å². The van der Waals surface area contributed by atoms with E-state index < -0.39 is 17.5 Å². The molecule has 4 aromatic rings. The first kappa shape index (κ1) is 18.6. The molecule has 0 aliphatic rings. The Balaban J connectivity index is 1.74. The summed E-state index contributed by atoms with van der Waals surface area (Å²) in [6.45, 7) is 0.424. The van der Waals surface area contributed by atoms with Crippen molar-refractivity contribution in [2.45, 2.75) is 6.54 Å². The fraction of sp³-hybridized carbons (Fsp3) is 0.0435. The summed E-state index contributed by atoms with van der Waals surface area (Å²) in [7, 11) is 0. The molecule has 0 aliphatic carbocycles. The highest BCUT2D eigenvalue weighted by molar-refractivity contribution is 5.98. The first-order chi connectivity index (χ1) is 14.1. The van der Waals surface area contributed by atoms with Crippen LogP contribution in [0, 0.1) is 11.6 Å². The molecule has 1 aromatic heterocycles. The Labute approximate surface area is 166 Å². The van der Waals surface area contributed by atoms with Gasteiger partial charge in [-0.25, -0.2) is 8.78 Å². The highest BCUT2D eigenvalue weighted by atomic mass is 19.1. The van der Waals surface area contributed by atoms with Crippen LogP contribution in [0.25, 0.3) is 11.3 Å². The smallest absolute Gasteiger partial charge is 0.283 e. The molecule has 0 bridgehead atoms. The second-order valence-electron chi connectivity index (χ2n) is 6.43. The third-order valence-corrected chi connectivity index (χ3v) is 4.47. The first-order valence-corrected chi connectivity index (χ1v) is 9.05. The number of halogens is 2. The quantitative estimate of drug-likeness (QED) is 0.515. The molecule has 1 heterocycles. The van der Waals surface area contributed by atoms with Crippen molar-refractivity contribution in [3.05, 3.63) is 108 Å². The lowest BCUT2D eigenvalue weighted by Gasteiger charge is -2.09. The van der Waals surface area contributed by atoms with Crippen molar-refractivity contribution in [2.24, 2.45) is 0 Å². The highest BCUT2D eigenvalue weighted by Gasteiger charge is 2.20. The zero-order chi connectivity index (χ0) is 20.2. The van der Waals surface area contributed by atoms with Crippen molar-refractivity contribution < 1.29 is 13.6 Å². The SMILES string of the molecule is O=C(c1ccccc1F)n1nc(-c2ccccc2F)cc1NCc1ccccc1. The Morgan fingerprint density at radius 3 is 2.24 bits per heavy atom. The molecule has 6 heteroatoms. The predicted molar refractivity (Wildman–Crippen MR) is 108 cm³/mol. The minimum absolute atomic E-state index is 0.113. The maximum Gasteiger partial charge on any atom is 0.283 e. The largest absolute Gasteiger partial charge is 0.366 e. The number of benzene rings is 3. The van der Waals surface area contributed by atoms with Gasteiger partial charge in [-0.05, 0) is 29.8 Å². The number of anilines is 1. The first-order valence-electron chi connectivity index (χ1n) is 9.05. The summed E-state index contributed by atoms with van der Waals surface area (Å²) in [6, 6.07) is 23.0. The van der Waals surface area contributed by atoms with Gasteiger partial charge in [-0.1, -0.05) is 54.6 Å². The molecule has 0 amide bonds. The fourth-order valence-electron chi connectivity index (χ4n) is 3.00. The fourth-order valence-corrected chi connectivity index (χ4v) is 3.00. The van der Waals surface area contributed by atoms with Crippen LogP contribution in [0.15, 0.2) is 84.9 Å².